The highest BCUT2D eigenvalue weighted by atomic mass is 31.1. The summed E-state index contributed by atoms with van der Waals surface area (Å²) >= 11 is 0. The van der Waals surface area contributed by atoms with E-state index in [0.717, 1.165) is 0 Å². The summed E-state index contributed by atoms with van der Waals surface area (Å²) in [5.74, 6) is 0. The van der Waals surface area contributed by atoms with Crippen LogP contribution in [0.1, 0.15) is 72.1 Å². The fourth-order valence-electron chi connectivity index (χ4n) is 2.11. The first-order valence-electron chi connectivity index (χ1n) is 8.28. The summed E-state index contributed by atoms with van der Waals surface area (Å²) in [5.41, 5.74) is 0. The zero-order valence-electron chi connectivity index (χ0n) is 13.1. The first-order valence-corrected chi connectivity index (χ1v) is 11.6. The normalized spacial score (nSPS) is 12.0. The summed E-state index contributed by atoms with van der Waals surface area (Å²) in [4.78, 5) is 0. The molecule has 0 rings (SSSR count). The SMILES string of the molecule is CCCCPCCCCP(CCCC)CCCC. The quantitative estimate of drug-likeness (QED) is 0.259. The summed E-state index contributed by atoms with van der Waals surface area (Å²) in [7, 11) is 1.65. The number of rotatable bonds is 14. The van der Waals surface area contributed by atoms with Crippen LogP contribution in [0.2, 0.25) is 0 Å². The molecule has 110 valence electrons. The largest absolute Gasteiger partial charge is 0.122 e. The van der Waals surface area contributed by atoms with E-state index in [1.165, 1.54) is 72.3 Å². The zero-order chi connectivity index (χ0) is 13.5. The fourth-order valence-corrected chi connectivity index (χ4v) is 6.33. The van der Waals surface area contributed by atoms with Crippen molar-refractivity contribution in [3.63, 3.8) is 0 Å². The molecule has 0 heterocycles. The predicted molar refractivity (Wildman–Crippen MR) is 93.5 cm³/mol. The van der Waals surface area contributed by atoms with Crippen LogP contribution in [-0.4, -0.2) is 30.8 Å². The second kappa shape index (κ2) is 15.9. The molecule has 0 aromatic carbocycles. The lowest BCUT2D eigenvalue weighted by Crippen LogP contribution is -1.96. The molecule has 1 atom stereocenters. The van der Waals surface area contributed by atoms with Crippen LogP contribution in [0, 0.1) is 0 Å². The van der Waals surface area contributed by atoms with E-state index in [0.29, 0.717) is 7.92 Å². The third-order valence-electron chi connectivity index (χ3n) is 3.44. The minimum atomic E-state index is 0.403. The molecule has 0 saturated heterocycles. The van der Waals surface area contributed by atoms with Crippen LogP contribution in [0.5, 0.6) is 0 Å². The van der Waals surface area contributed by atoms with Gasteiger partial charge in [-0.2, -0.15) is 0 Å². The molecule has 0 N–H and O–H groups in total. The van der Waals surface area contributed by atoms with E-state index in [4.69, 9.17) is 0 Å². The Morgan fingerprint density at radius 3 is 1.67 bits per heavy atom. The van der Waals surface area contributed by atoms with Gasteiger partial charge in [0.2, 0.25) is 0 Å². The van der Waals surface area contributed by atoms with Gasteiger partial charge in [0.15, 0.2) is 0 Å². The number of hydrogen-bond acceptors (Lipinski definition) is 0. The van der Waals surface area contributed by atoms with Gasteiger partial charge in [-0.3, -0.25) is 0 Å². The second-order valence-corrected chi connectivity index (χ2v) is 9.54. The van der Waals surface area contributed by atoms with Gasteiger partial charge in [0.25, 0.3) is 0 Å². The maximum Gasteiger partial charge on any atom is -0.0326 e. The lowest BCUT2D eigenvalue weighted by molar-refractivity contribution is 0.847. The van der Waals surface area contributed by atoms with Crippen molar-refractivity contribution in [1.29, 1.82) is 0 Å². The van der Waals surface area contributed by atoms with Gasteiger partial charge in [-0.15, -0.1) is 16.5 Å². The summed E-state index contributed by atoms with van der Waals surface area (Å²) < 4.78 is 0. The summed E-state index contributed by atoms with van der Waals surface area (Å²) in [6.07, 6.45) is 19.3. The van der Waals surface area contributed by atoms with Gasteiger partial charge in [0.1, 0.15) is 0 Å². The van der Waals surface area contributed by atoms with E-state index in [-0.39, 0.29) is 0 Å². The molecule has 0 aliphatic carbocycles. The Balaban J connectivity index is 3.43. The average molecular weight is 290 g/mol. The van der Waals surface area contributed by atoms with Crippen LogP contribution in [0.25, 0.3) is 0 Å². The Labute approximate surface area is 120 Å². The zero-order valence-corrected chi connectivity index (χ0v) is 15.0. The molecule has 0 nitrogen and oxygen atoms in total. The predicted octanol–water partition coefficient (Wildman–Crippen LogP) is 6.33. The van der Waals surface area contributed by atoms with Gasteiger partial charge in [-0.1, -0.05) is 40.0 Å². The monoisotopic (exact) mass is 290 g/mol. The molecule has 18 heavy (non-hydrogen) atoms. The molecule has 0 aliphatic rings. The summed E-state index contributed by atoms with van der Waals surface area (Å²) in [6.45, 7) is 6.98. The van der Waals surface area contributed by atoms with E-state index in [2.05, 4.69) is 20.8 Å². The van der Waals surface area contributed by atoms with Gasteiger partial charge in [0.05, 0.1) is 0 Å². The third-order valence-corrected chi connectivity index (χ3v) is 7.70. The number of unbranched alkanes of at least 4 members (excludes halogenated alkanes) is 4. The molecule has 0 amide bonds. The van der Waals surface area contributed by atoms with Crippen molar-refractivity contribution in [3.05, 3.63) is 0 Å². The minimum Gasteiger partial charge on any atom is -0.122 e. The van der Waals surface area contributed by atoms with E-state index < -0.39 is 0 Å². The third kappa shape index (κ3) is 13.3. The standard InChI is InChI=1S/C16H36P2/c1-4-7-12-17-13-10-11-16-18(14-8-5-2)15-9-6-3/h17H,4-16H2,1-3H3. The molecule has 0 spiro atoms. The Kier molecular flexibility index (Phi) is 16.7. The number of hydrogen-bond donors (Lipinski definition) is 0. The van der Waals surface area contributed by atoms with Crippen molar-refractivity contribution in [2.45, 2.75) is 72.1 Å². The highest BCUT2D eigenvalue weighted by Crippen LogP contribution is 2.38. The van der Waals surface area contributed by atoms with E-state index in [1.807, 2.05) is 0 Å². The molecule has 0 aromatic rings. The molecule has 1 unspecified atom stereocenters. The molecular formula is C16H36P2. The highest BCUT2D eigenvalue weighted by Gasteiger charge is 2.06. The van der Waals surface area contributed by atoms with Crippen LogP contribution < -0.4 is 0 Å². The Bertz CT molecular complexity index is 140. The van der Waals surface area contributed by atoms with Gasteiger partial charge >= 0.3 is 0 Å². The van der Waals surface area contributed by atoms with Crippen LogP contribution >= 0.6 is 16.5 Å². The molecule has 0 saturated carbocycles. The maximum atomic E-state index is 2.34. The molecule has 2 heteroatoms. The maximum absolute atomic E-state index is 2.34. The van der Waals surface area contributed by atoms with Gasteiger partial charge in [0, 0.05) is 0 Å². The average Bonchev–Trinajstić information content (AvgIpc) is 2.40. The van der Waals surface area contributed by atoms with Crippen molar-refractivity contribution in [2.75, 3.05) is 30.8 Å². The van der Waals surface area contributed by atoms with Gasteiger partial charge in [-0.05, 0) is 62.9 Å². The molecule has 0 fully saturated rings. The van der Waals surface area contributed by atoms with Gasteiger partial charge in [-0.25, -0.2) is 0 Å². The summed E-state index contributed by atoms with van der Waals surface area (Å²) in [6, 6.07) is 0. The van der Waals surface area contributed by atoms with Crippen molar-refractivity contribution < 1.29 is 0 Å². The second-order valence-electron chi connectivity index (χ2n) is 5.36. The molecule has 0 radical (unpaired) electrons. The van der Waals surface area contributed by atoms with Crippen LogP contribution in [0.4, 0.5) is 0 Å². The highest BCUT2D eigenvalue weighted by molar-refractivity contribution is 7.57. The van der Waals surface area contributed by atoms with Crippen molar-refractivity contribution in [1.82, 2.24) is 0 Å². The van der Waals surface area contributed by atoms with Crippen LogP contribution in [0.3, 0.4) is 0 Å². The van der Waals surface area contributed by atoms with Gasteiger partial charge < -0.3 is 0 Å². The fraction of sp³-hybridized carbons (Fsp3) is 1.00. The van der Waals surface area contributed by atoms with Crippen LogP contribution in [0.15, 0.2) is 0 Å². The summed E-state index contributed by atoms with van der Waals surface area (Å²) in [5, 5.41) is 0. The minimum absolute atomic E-state index is 0.403. The molecule has 0 aliphatic heterocycles. The topological polar surface area (TPSA) is 0 Å². The first-order chi connectivity index (χ1) is 8.85. The smallest absolute Gasteiger partial charge is 0.0326 e. The van der Waals surface area contributed by atoms with Crippen molar-refractivity contribution >= 4 is 16.5 Å². The lowest BCUT2D eigenvalue weighted by atomic mass is 10.4. The Morgan fingerprint density at radius 1 is 0.611 bits per heavy atom. The van der Waals surface area contributed by atoms with E-state index in [1.54, 1.807) is 18.5 Å². The van der Waals surface area contributed by atoms with Crippen molar-refractivity contribution in [2.24, 2.45) is 0 Å². The molecule has 0 bridgehead atoms. The van der Waals surface area contributed by atoms with E-state index in [9.17, 15) is 0 Å². The molecular weight excluding hydrogens is 254 g/mol. The van der Waals surface area contributed by atoms with E-state index >= 15 is 0 Å². The first kappa shape index (κ1) is 18.9. The lowest BCUT2D eigenvalue weighted by Gasteiger charge is -2.17. The van der Waals surface area contributed by atoms with Crippen molar-refractivity contribution in [3.8, 4) is 0 Å². The molecule has 0 aromatic heterocycles. The Morgan fingerprint density at radius 2 is 1.11 bits per heavy atom. The van der Waals surface area contributed by atoms with Crippen LogP contribution in [-0.2, 0) is 0 Å². The Hall–Kier alpha value is 0.860.